The van der Waals surface area contributed by atoms with Crippen molar-refractivity contribution in [3.05, 3.63) is 60.7 Å². The zero-order valence-corrected chi connectivity index (χ0v) is 12.8. The van der Waals surface area contributed by atoms with Crippen LogP contribution >= 0.6 is 7.92 Å². The molecule has 0 aliphatic carbocycles. The summed E-state index contributed by atoms with van der Waals surface area (Å²) in [4.78, 5) is 0. The molecule has 0 aromatic heterocycles. The van der Waals surface area contributed by atoms with Crippen LogP contribution in [0.5, 0.6) is 0 Å². The van der Waals surface area contributed by atoms with Gasteiger partial charge in [0.05, 0.1) is 0 Å². The van der Waals surface area contributed by atoms with Crippen LogP contribution in [0.3, 0.4) is 0 Å². The van der Waals surface area contributed by atoms with Crippen LogP contribution in [-0.2, 0) is 0 Å². The smallest absolute Gasteiger partial charge is 0.0431 e. The Bertz CT molecular complexity index is 430. The predicted molar refractivity (Wildman–Crippen MR) is 89.5 cm³/mol. The lowest BCUT2D eigenvalue weighted by atomic mass is 10.2. The monoisotopic (exact) mass is 286 g/mol. The Morgan fingerprint density at radius 1 is 0.650 bits per heavy atom. The van der Waals surface area contributed by atoms with Crippen molar-refractivity contribution in [2.24, 2.45) is 0 Å². The molecule has 0 aliphatic heterocycles. The summed E-state index contributed by atoms with van der Waals surface area (Å²) >= 11 is 0. The van der Waals surface area contributed by atoms with Gasteiger partial charge in [-0.15, -0.1) is 0 Å². The van der Waals surface area contributed by atoms with Gasteiger partial charge in [0.25, 0.3) is 0 Å². The molecule has 20 heavy (non-hydrogen) atoms. The standard InChI is InChI=1S/C18H23OP/c19-15-9-1-2-10-16-20(17-11-5-3-6-12-17)18-13-7-4-8-14-18/h3-8,11-14,19H,1-2,9-10,15-16H2. The van der Waals surface area contributed by atoms with Crippen LogP contribution in [0.15, 0.2) is 60.7 Å². The molecule has 0 radical (unpaired) electrons. The molecule has 2 aromatic rings. The van der Waals surface area contributed by atoms with Crippen molar-refractivity contribution in [1.29, 1.82) is 0 Å². The first-order valence-electron chi connectivity index (χ1n) is 7.40. The highest BCUT2D eigenvalue weighted by Gasteiger charge is 2.12. The predicted octanol–water partition coefficient (Wildman–Crippen LogP) is 3.67. The Morgan fingerprint density at radius 2 is 1.15 bits per heavy atom. The molecule has 0 saturated heterocycles. The Hall–Kier alpha value is -1.17. The van der Waals surface area contributed by atoms with Crippen molar-refractivity contribution in [3.8, 4) is 0 Å². The van der Waals surface area contributed by atoms with Gasteiger partial charge in [-0.05, 0) is 37.5 Å². The number of aliphatic hydroxyl groups is 1. The van der Waals surface area contributed by atoms with E-state index in [1.807, 2.05) is 0 Å². The van der Waals surface area contributed by atoms with Crippen molar-refractivity contribution in [2.75, 3.05) is 12.8 Å². The molecule has 2 rings (SSSR count). The van der Waals surface area contributed by atoms with Gasteiger partial charge in [0, 0.05) is 6.61 Å². The summed E-state index contributed by atoms with van der Waals surface area (Å²) in [6.45, 7) is 0.326. The maximum Gasteiger partial charge on any atom is 0.0431 e. The highest BCUT2D eigenvalue weighted by Crippen LogP contribution is 2.34. The van der Waals surface area contributed by atoms with E-state index in [9.17, 15) is 0 Å². The molecule has 0 amide bonds. The molecular formula is C18H23OP. The van der Waals surface area contributed by atoms with Crippen LogP contribution in [0.25, 0.3) is 0 Å². The minimum Gasteiger partial charge on any atom is -0.396 e. The second-order valence-corrected chi connectivity index (χ2v) is 7.30. The van der Waals surface area contributed by atoms with E-state index < -0.39 is 0 Å². The first-order chi connectivity index (χ1) is 9.92. The summed E-state index contributed by atoms with van der Waals surface area (Å²) in [6, 6.07) is 21.8. The van der Waals surface area contributed by atoms with Gasteiger partial charge in [-0.3, -0.25) is 0 Å². The molecule has 0 heterocycles. The molecule has 0 spiro atoms. The highest BCUT2D eigenvalue weighted by atomic mass is 31.1. The summed E-state index contributed by atoms with van der Waals surface area (Å²) in [6.07, 6.45) is 5.79. The summed E-state index contributed by atoms with van der Waals surface area (Å²) in [5.74, 6) is 0. The summed E-state index contributed by atoms with van der Waals surface area (Å²) in [5, 5.41) is 11.8. The fourth-order valence-electron chi connectivity index (χ4n) is 2.36. The average Bonchev–Trinajstić information content (AvgIpc) is 2.53. The number of unbranched alkanes of at least 4 members (excludes halogenated alkanes) is 3. The molecule has 0 unspecified atom stereocenters. The molecule has 0 atom stereocenters. The fourth-order valence-corrected chi connectivity index (χ4v) is 4.78. The Kier molecular flexibility index (Phi) is 6.77. The number of aliphatic hydroxyl groups excluding tert-OH is 1. The minimum atomic E-state index is -0.234. The van der Waals surface area contributed by atoms with E-state index in [4.69, 9.17) is 5.11 Å². The van der Waals surface area contributed by atoms with Crippen LogP contribution in [-0.4, -0.2) is 17.9 Å². The van der Waals surface area contributed by atoms with Crippen LogP contribution in [0.2, 0.25) is 0 Å². The van der Waals surface area contributed by atoms with Gasteiger partial charge in [-0.1, -0.05) is 73.5 Å². The van der Waals surface area contributed by atoms with E-state index in [-0.39, 0.29) is 7.92 Å². The third-order valence-electron chi connectivity index (χ3n) is 3.43. The van der Waals surface area contributed by atoms with Crippen molar-refractivity contribution in [3.63, 3.8) is 0 Å². The molecule has 0 saturated carbocycles. The third-order valence-corrected chi connectivity index (χ3v) is 6.03. The largest absolute Gasteiger partial charge is 0.396 e. The molecule has 0 aliphatic rings. The normalized spacial score (nSPS) is 10.9. The minimum absolute atomic E-state index is 0.234. The van der Waals surface area contributed by atoms with Gasteiger partial charge in [0.1, 0.15) is 0 Å². The second-order valence-electron chi connectivity index (χ2n) is 4.96. The lowest BCUT2D eigenvalue weighted by Crippen LogP contribution is -2.13. The number of rotatable bonds is 8. The van der Waals surface area contributed by atoms with Crippen LogP contribution < -0.4 is 10.6 Å². The molecule has 2 heteroatoms. The molecule has 1 nitrogen and oxygen atoms in total. The molecule has 0 bridgehead atoms. The van der Waals surface area contributed by atoms with Crippen molar-refractivity contribution < 1.29 is 5.11 Å². The van der Waals surface area contributed by atoms with Gasteiger partial charge < -0.3 is 5.11 Å². The summed E-state index contributed by atoms with van der Waals surface area (Å²) < 4.78 is 0. The second kappa shape index (κ2) is 8.89. The fraction of sp³-hybridized carbons (Fsp3) is 0.333. The zero-order chi connectivity index (χ0) is 14.0. The first-order valence-corrected chi connectivity index (χ1v) is 8.93. The zero-order valence-electron chi connectivity index (χ0n) is 11.9. The molecule has 2 aromatic carbocycles. The summed E-state index contributed by atoms with van der Waals surface area (Å²) in [5.41, 5.74) is 0. The Labute approximate surface area is 123 Å². The number of hydrogen-bond acceptors (Lipinski definition) is 1. The SMILES string of the molecule is OCCCCCCP(c1ccccc1)c1ccccc1. The van der Waals surface area contributed by atoms with E-state index in [0.717, 1.165) is 12.8 Å². The van der Waals surface area contributed by atoms with Crippen LogP contribution in [0, 0.1) is 0 Å². The molecule has 106 valence electrons. The Balaban J connectivity index is 2.02. The van der Waals surface area contributed by atoms with Gasteiger partial charge in [-0.25, -0.2) is 0 Å². The van der Waals surface area contributed by atoms with E-state index in [1.54, 1.807) is 0 Å². The van der Waals surface area contributed by atoms with Gasteiger partial charge in [0.15, 0.2) is 0 Å². The topological polar surface area (TPSA) is 20.2 Å². The van der Waals surface area contributed by atoms with E-state index >= 15 is 0 Å². The molecule has 1 N–H and O–H groups in total. The lowest BCUT2D eigenvalue weighted by molar-refractivity contribution is 0.283. The summed E-state index contributed by atoms with van der Waals surface area (Å²) in [7, 11) is -0.234. The van der Waals surface area contributed by atoms with Gasteiger partial charge in [0.2, 0.25) is 0 Å². The Morgan fingerprint density at radius 3 is 1.65 bits per heavy atom. The van der Waals surface area contributed by atoms with Gasteiger partial charge >= 0.3 is 0 Å². The van der Waals surface area contributed by atoms with Crippen LogP contribution in [0.4, 0.5) is 0 Å². The van der Waals surface area contributed by atoms with Crippen molar-refractivity contribution in [2.45, 2.75) is 25.7 Å². The van der Waals surface area contributed by atoms with Gasteiger partial charge in [-0.2, -0.15) is 0 Å². The van der Waals surface area contributed by atoms with E-state index in [2.05, 4.69) is 60.7 Å². The van der Waals surface area contributed by atoms with Crippen molar-refractivity contribution >= 4 is 18.5 Å². The molecular weight excluding hydrogens is 263 g/mol. The van der Waals surface area contributed by atoms with E-state index in [1.165, 1.54) is 29.6 Å². The number of hydrogen-bond donors (Lipinski definition) is 1. The third kappa shape index (κ3) is 4.74. The maximum atomic E-state index is 8.83. The van der Waals surface area contributed by atoms with Crippen molar-refractivity contribution in [1.82, 2.24) is 0 Å². The molecule has 0 fully saturated rings. The quantitative estimate of drug-likeness (QED) is 0.580. The maximum absolute atomic E-state index is 8.83. The van der Waals surface area contributed by atoms with E-state index in [0.29, 0.717) is 6.61 Å². The number of benzene rings is 2. The van der Waals surface area contributed by atoms with Crippen LogP contribution in [0.1, 0.15) is 25.7 Å². The highest BCUT2D eigenvalue weighted by molar-refractivity contribution is 7.73. The first kappa shape index (κ1) is 15.2. The lowest BCUT2D eigenvalue weighted by Gasteiger charge is -2.18. The average molecular weight is 286 g/mol.